The van der Waals surface area contributed by atoms with Crippen LogP contribution in [0.25, 0.3) is 104 Å². The van der Waals surface area contributed by atoms with Gasteiger partial charge in [0.15, 0.2) is 0 Å². The maximum absolute atomic E-state index is 5.42. The molecule has 0 saturated heterocycles. The highest BCUT2D eigenvalue weighted by Crippen LogP contribution is 2.43. The van der Waals surface area contributed by atoms with E-state index < -0.39 is 0 Å². The number of para-hydroxylation sites is 1. The maximum Gasteiger partial charge on any atom is 0.235 e. The molecule has 4 heteroatoms. The zero-order valence-electron chi connectivity index (χ0n) is 30.3. The first-order valence-corrected chi connectivity index (χ1v) is 19.7. The molecular formula is C52H33N3S. The Labute approximate surface area is 328 Å². The molecule has 11 aromatic rings. The fraction of sp³-hybridized carbons (Fsp3) is 0. The highest BCUT2D eigenvalue weighted by molar-refractivity contribution is 7.26. The summed E-state index contributed by atoms with van der Waals surface area (Å²) >= 11 is 1.86. The molecule has 8 aromatic carbocycles. The molecular weight excluding hydrogens is 699 g/mol. The Kier molecular flexibility index (Phi) is 7.68. The van der Waals surface area contributed by atoms with Crippen LogP contribution in [0.4, 0.5) is 0 Å². The quantitative estimate of drug-likeness (QED) is 0.170. The summed E-state index contributed by atoms with van der Waals surface area (Å²) in [6.45, 7) is 0. The van der Waals surface area contributed by atoms with Crippen LogP contribution in [0.15, 0.2) is 200 Å². The first-order valence-electron chi connectivity index (χ1n) is 18.9. The summed E-state index contributed by atoms with van der Waals surface area (Å²) in [5, 5.41) is 5.01. The Morgan fingerprint density at radius 2 is 0.857 bits per heavy atom. The van der Waals surface area contributed by atoms with E-state index in [0.29, 0.717) is 5.95 Å². The molecule has 0 N–H and O–H groups in total. The van der Waals surface area contributed by atoms with Gasteiger partial charge in [-0.15, -0.1) is 11.3 Å². The van der Waals surface area contributed by atoms with E-state index in [1.165, 1.54) is 53.2 Å². The molecule has 0 aliphatic carbocycles. The molecule has 0 saturated carbocycles. The Hall–Kier alpha value is -7.14. The third-order valence-corrected chi connectivity index (χ3v) is 12.0. The second-order valence-corrected chi connectivity index (χ2v) is 15.3. The number of nitrogens with zero attached hydrogens (tertiary/aromatic N) is 3. The summed E-state index contributed by atoms with van der Waals surface area (Å²) in [6, 6.07) is 71.4. The highest BCUT2D eigenvalue weighted by atomic mass is 32.1. The van der Waals surface area contributed by atoms with E-state index in [2.05, 4.69) is 199 Å². The monoisotopic (exact) mass is 731 g/mol. The van der Waals surface area contributed by atoms with Crippen molar-refractivity contribution < 1.29 is 0 Å². The molecule has 0 spiro atoms. The number of rotatable bonds is 6. The van der Waals surface area contributed by atoms with E-state index in [0.717, 1.165) is 44.7 Å². The fourth-order valence-corrected chi connectivity index (χ4v) is 9.40. The van der Waals surface area contributed by atoms with Crippen LogP contribution in [0, 0.1) is 0 Å². The van der Waals surface area contributed by atoms with Crippen molar-refractivity contribution in [2.75, 3.05) is 0 Å². The van der Waals surface area contributed by atoms with Crippen LogP contribution in [-0.2, 0) is 0 Å². The first kappa shape index (κ1) is 32.3. The van der Waals surface area contributed by atoms with Gasteiger partial charge in [0, 0.05) is 42.1 Å². The van der Waals surface area contributed by atoms with Crippen LogP contribution in [0.1, 0.15) is 0 Å². The number of hydrogen-bond donors (Lipinski definition) is 0. The fourth-order valence-electron chi connectivity index (χ4n) is 8.14. The van der Waals surface area contributed by atoms with E-state index in [-0.39, 0.29) is 0 Å². The van der Waals surface area contributed by atoms with Crippen molar-refractivity contribution in [2.24, 2.45) is 0 Å². The third kappa shape index (κ3) is 5.50. The lowest BCUT2D eigenvalue weighted by Gasteiger charge is -2.14. The van der Waals surface area contributed by atoms with E-state index in [9.17, 15) is 0 Å². The van der Waals surface area contributed by atoms with Crippen molar-refractivity contribution in [1.82, 2.24) is 14.5 Å². The first-order chi connectivity index (χ1) is 27.7. The molecule has 0 aliphatic rings. The SMILES string of the molecule is c1ccc(-c2cc(-c3ccccc3)cc(-c3cccc(-c4cc(-c5ccccc5)nc(-n5c6ccccc6c6c7sc8ccccc8c7ccc65)n4)c3)c2)cc1. The topological polar surface area (TPSA) is 30.7 Å². The number of aromatic nitrogens is 3. The predicted octanol–water partition coefficient (Wildman–Crippen LogP) is 14.3. The second-order valence-electron chi connectivity index (χ2n) is 14.2. The van der Waals surface area contributed by atoms with Crippen LogP contribution in [-0.4, -0.2) is 14.5 Å². The molecule has 262 valence electrons. The van der Waals surface area contributed by atoms with Crippen LogP contribution in [0.3, 0.4) is 0 Å². The summed E-state index contributed by atoms with van der Waals surface area (Å²) in [5.74, 6) is 0.649. The minimum atomic E-state index is 0.649. The summed E-state index contributed by atoms with van der Waals surface area (Å²) < 4.78 is 4.84. The van der Waals surface area contributed by atoms with E-state index in [1.807, 2.05) is 17.4 Å². The zero-order valence-corrected chi connectivity index (χ0v) is 31.1. The van der Waals surface area contributed by atoms with Crippen molar-refractivity contribution in [3.05, 3.63) is 200 Å². The van der Waals surface area contributed by atoms with Gasteiger partial charge in [-0.2, -0.15) is 0 Å². The number of hydrogen-bond acceptors (Lipinski definition) is 3. The average Bonchev–Trinajstić information content (AvgIpc) is 3.83. The van der Waals surface area contributed by atoms with Gasteiger partial charge in [0.1, 0.15) is 0 Å². The van der Waals surface area contributed by atoms with Crippen molar-refractivity contribution in [2.45, 2.75) is 0 Å². The van der Waals surface area contributed by atoms with Gasteiger partial charge in [-0.05, 0) is 81.9 Å². The zero-order chi connectivity index (χ0) is 37.0. The molecule has 0 amide bonds. The summed E-state index contributed by atoms with van der Waals surface area (Å²) in [4.78, 5) is 10.7. The molecule has 11 rings (SSSR count). The van der Waals surface area contributed by atoms with E-state index in [4.69, 9.17) is 9.97 Å². The van der Waals surface area contributed by atoms with Crippen molar-refractivity contribution in [1.29, 1.82) is 0 Å². The lowest BCUT2D eigenvalue weighted by atomic mass is 9.92. The van der Waals surface area contributed by atoms with Gasteiger partial charge in [0.2, 0.25) is 5.95 Å². The van der Waals surface area contributed by atoms with Gasteiger partial charge in [-0.3, -0.25) is 4.57 Å². The molecule has 0 atom stereocenters. The molecule has 0 bridgehead atoms. The van der Waals surface area contributed by atoms with Gasteiger partial charge >= 0.3 is 0 Å². The Balaban J connectivity index is 1.12. The second kappa shape index (κ2) is 13.3. The lowest BCUT2D eigenvalue weighted by Crippen LogP contribution is -2.04. The number of fused-ring (bicyclic) bond motifs is 7. The standard InChI is InChI=1S/C52H33N3S/c1-4-15-34(16-5-1)39-30-40(35-17-6-2-7-18-35)32-41(31-39)37-21-14-22-38(29-37)46-33-45(36-19-8-3-9-20-36)53-52(54-46)55-47-25-12-10-24-44(47)50-48(55)28-27-43-42-23-11-13-26-49(42)56-51(43)50/h1-33H. The normalized spacial score (nSPS) is 11.6. The van der Waals surface area contributed by atoms with Gasteiger partial charge in [-0.1, -0.05) is 152 Å². The van der Waals surface area contributed by atoms with E-state index in [1.54, 1.807) is 0 Å². The van der Waals surface area contributed by atoms with Gasteiger partial charge in [0.25, 0.3) is 0 Å². The highest BCUT2D eigenvalue weighted by Gasteiger charge is 2.20. The molecule has 0 unspecified atom stereocenters. The minimum absolute atomic E-state index is 0.649. The molecule has 0 radical (unpaired) electrons. The van der Waals surface area contributed by atoms with Crippen molar-refractivity contribution >= 4 is 53.3 Å². The Bertz CT molecular complexity index is 3180. The van der Waals surface area contributed by atoms with Crippen molar-refractivity contribution in [3.8, 4) is 61.8 Å². The maximum atomic E-state index is 5.42. The van der Waals surface area contributed by atoms with Gasteiger partial charge in [0.05, 0.1) is 22.4 Å². The molecule has 0 aliphatic heterocycles. The summed E-state index contributed by atoms with van der Waals surface area (Å²) in [7, 11) is 0. The Morgan fingerprint density at radius 1 is 0.339 bits per heavy atom. The average molecular weight is 732 g/mol. The lowest BCUT2D eigenvalue weighted by molar-refractivity contribution is 0.996. The number of thiophene rings is 1. The molecule has 3 aromatic heterocycles. The van der Waals surface area contributed by atoms with Crippen LogP contribution in [0.5, 0.6) is 0 Å². The van der Waals surface area contributed by atoms with Crippen molar-refractivity contribution in [3.63, 3.8) is 0 Å². The third-order valence-electron chi connectivity index (χ3n) is 10.8. The van der Waals surface area contributed by atoms with Crippen LogP contribution >= 0.6 is 11.3 Å². The summed E-state index contributed by atoms with van der Waals surface area (Å²) in [5.41, 5.74) is 13.0. The van der Waals surface area contributed by atoms with Gasteiger partial charge < -0.3 is 0 Å². The Morgan fingerprint density at radius 3 is 1.55 bits per heavy atom. The molecule has 0 fully saturated rings. The smallest absolute Gasteiger partial charge is 0.235 e. The largest absolute Gasteiger partial charge is 0.278 e. The molecule has 3 heterocycles. The van der Waals surface area contributed by atoms with Crippen LogP contribution < -0.4 is 0 Å². The van der Waals surface area contributed by atoms with Crippen LogP contribution in [0.2, 0.25) is 0 Å². The number of benzene rings is 8. The summed E-state index contributed by atoms with van der Waals surface area (Å²) in [6.07, 6.45) is 0. The molecule has 3 nitrogen and oxygen atoms in total. The minimum Gasteiger partial charge on any atom is -0.278 e. The van der Waals surface area contributed by atoms with Gasteiger partial charge in [-0.25, -0.2) is 9.97 Å². The predicted molar refractivity (Wildman–Crippen MR) is 236 cm³/mol. The molecule has 56 heavy (non-hydrogen) atoms. The van der Waals surface area contributed by atoms with E-state index >= 15 is 0 Å².